The largest absolute Gasteiger partial charge is 0.477 e. The molecule has 3 N–H and O–H groups in total. The van der Waals surface area contributed by atoms with Crippen LogP contribution in [-0.2, 0) is 4.74 Å². The van der Waals surface area contributed by atoms with E-state index in [0.717, 1.165) is 0 Å². The quantitative estimate of drug-likeness (QED) is 0.471. The second-order valence-electron chi connectivity index (χ2n) is 6.89. The van der Waals surface area contributed by atoms with Gasteiger partial charge in [0.25, 0.3) is 0 Å². The van der Waals surface area contributed by atoms with Gasteiger partial charge in [0.1, 0.15) is 11.2 Å². The maximum Gasteiger partial charge on any atom is 0.410 e. The summed E-state index contributed by atoms with van der Waals surface area (Å²) in [5.41, 5.74) is 4.75. The second kappa shape index (κ2) is 15.9. The lowest BCUT2D eigenvalue weighted by atomic mass is 10.2. The lowest BCUT2D eigenvalue weighted by Crippen LogP contribution is -2.41. The molecule has 0 aliphatic heterocycles. The summed E-state index contributed by atoms with van der Waals surface area (Å²) >= 11 is 11.7. The van der Waals surface area contributed by atoms with Crippen LogP contribution in [0.3, 0.4) is 0 Å². The van der Waals surface area contributed by atoms with E-state index in [9.17, 15) is 14.7 Å². The first-order chi connectivity index (χ1) is 14.4. The van der Waals surface area contributed by atoms with E-state index in [1.165, 1.54) is 11.0 Å². The third kappa shape index (κ3) is 12.6. The van der Waals surface area contributed by atoms with Crippen molar-refractivity contribution in [1.29, 1.82) is 0 Å². The summed E-state index contributed by atoms with van der Waals surface area (Å²) in [4.78, 5) is 28.9. The van der Waals surface area contributed by atoms with Gasteiger partial charge in [-0.15, -0.1) is 0 Å². The van der Waals surface area contributed by atoms with E-state index < -0.39 is 23.8 Å². The molecule has 0 fully saturated rings. The lowest BCUT2D eigenvalue weighted by molar-refractivity contribution is 0.0236. The molecule has 1 rings (SSSR count). The van der Waals surface area contributed by atoms with Crippen molar-refractivity contribution in [3.8, 4) is 5.88 Å². The van der Waals surface area contributed by atoms with Crippen LogP contribution in [0.1, 0.15) is 72.2 Å². The SMILES string of the molecule is CC.CC.CC(CCN(CCN)C(=O)OC(C)(C)C)Oc1nc(Cl)c(Cl)cc1C(=O)O. The van der Waals surface area contributed by atoms with Gasteiger partial charge in [-0.25, -0.2) is 9.59 Å². The first-order valence-corrected chi connectivity index (χ1v) is 11.1. The Hall–Kier alpha value is -1.77. The fourth-order valence-electron chi connectivity index (χ4n) is 2.06. The smallest absolute Gasteiger partial charge is 0.410 e. The van der Waals surface area contributed by atoms with Crippen LogP contribution >= 0.6 is 23.2 Å². The molecule has 1 unspecified atom stereocenters. The molecule has 0 bridgehead atoms. The van der Waals surface area contributed by atoms with Crippen molar-refractivity contribution in [2.75, 3.05) is 19.6 Å². The van der Waals surface area contributed by atoms with Gasteiger partial charge in [-0.05, 0) is 33.8 Å². The van der Waals surface area contributed by atoms with Crippen LogP contribution in [-0.4, -0.2) is 58.4 Å². The molecular weight excluding hydrogens is 445 g/mol. The minimum absolute atomic E-state index is 0.0214. The Morgan fingerprint density at radius 3 is 2.19 bits per heavy atom. The van der Waals surface area contributed by atoms with Gasteiger partial charge >= 0.3 is 12.1 Å². The van der Waals surface area contributed by atoms with Crippen molar-refractivity contribution in [2.45, 2.75) is 73.5 Å². The first-order valence-electron chi connectivity index (χ1n) is 10.4. The highest BCUT2D eigenvalue weighted by molar-refractivity contribution is 6.41. The number of nitrogens with two attached hydrogens (primary N) is 1. The van der Waals surface area contributed by atoms with Gasteiger partial charge in [-0.3, -0.25) is 0 Å². The van der Waals surface area contributed by atoms with Crippen LogP contribution in [0.25, 0.3) is 0 Å². The summed E-state index contributed by atoms with van der Waals surface area (Å²) in [5.74, 6) is -1.37. The molecule has 0 saturated carbocycles. The minimum Gasteiger partial charge on any atom is -0.477 e. The number of hydrogen-bond donors (Lipinski definition) is 2. The average Bonchev–Trinajstić information content (AvgIpc) is 2.69. The number of aromatic nitrogens is 1. The monoisotopic (exact) mass is 481 g/mol. The molecule has 31 heavy (non-hydrogen) atoms. The fourth-order valence-corrected chi connectivity index (χ4v) is 2.34. The van der Waals surface area contributed by atoms with Gasteiger partial charge in [0.05, 0.1) is 11.1 Å². The molecule has 1 amide bonds. The van der Waals surface area contributed by atoms with E-state index in [4.69, 9.17) is 38.4 Å². The van der Waals surface area contributed by atoms with Gasteiger partial charge in [-0.1, -0.05) is 50.9 Å². The predicted octanol–water partition coefficient (Wildman–Crippen LogP) is 5.49. The molecule has 10 heteroatoms. The van der Waals surface area contributed by atoms with E-state index in [1.54, 1.807) is 27.7 Å². The third-order valence-corrected chi connectivity index (χ3v) is 3.97. The Bertz CT molecular complexity index is 682. The van der Waals surface area contributed by atoms with Gasteiger partial charge in [0.2, 0.25) is 5.88 Å². The van der Waals surface area contributed by atoms with Crippen LogP contribution in [0, 0.1) is 0 Å². The van der Waals surface area contributed by atoms with Gasteiger partial charge in [0.15, 0.2) is 5.15 Å². The fraction of sp³-hybridized carbons (Fsp3) is 0.667. The molecule has 0 spiro atoms. The van der Waals surface area contributed by atoms with Gasteiger partial charge < -0.3 is 25.2 Å². The maximum atomic E-state index is 12.2. The zero-order valence-electron chi connectivity index (χ0n) is 19.8. The molecule has 1 aromatic heterocycles. The number of ether oxygens (including phenoxy) is 2. The van der Waals surface area contributed by atoms with Crippen molar-refractivity contribution >= 4 is 35.3 Å². The van der Waals surface area contributed by atoms with E-state index in [1.807, 2.05) is 27.7 Å². The van der Waals surface area contributed by atoms with Crippen molar-refractivity contribution in [2.24, 2.45) is 5.73 Å². The highest BCUT2D eigenvalue weighted by Crippen LogP contribution is 2.28. The molecule has 0 aliphatic rings. The molecule has 1 aromatic rings. The standard InChI is InChI=1S/C17H25Cl2N3O5.2C2H6/c1-10(5-7-22(8-6-20)16(25)27-17(2,3)4)26-14-11(15(23)24)9-12(18)13(19)21-14;2*1-2/h9-10H,5-8,20H2,1-4H3,(H,23,24);2*1-2H3. The highest BCUT2D eigenvalue weighted by Gasteiger charge is 2.23. The van der Waals surface area contributed by atoms with E-state index >= 15 is 0 Å². The third-order valence-electron chi connectivity index (χ3n) is 3.30. The molecule has 8 nitrogen and oxygen atoms in total. The summed E-state index contributed by atoms with van der Waals surface area (Å²) < 4.78 is 11.0. The lowest BCUT2D eigenvalue weighted by Gasteiger charge is -2.28. The number of carbonyl (C=O) groups is 2. The van der Waals surface area contributed by atoms with Crippen molar-refractivity contribution in [3.63, 3.8) is 0 Å². The van der Waals surface area contributed by atoms with Crippen LogP contribution in [0.2, 0.25) is 10.2 Å². The number of amides is 1. The van der Waals surface area contributed by atoms with Crippen molar-refractivity contribution < 1.29 is 24.2 Å². The topological polar surface area (TPSA) is 115 Å². The zero-order chi connectivity index (χ0) is 24.8. The zero-order valence-corrected chi connectivity index (χ0v) is 21.3. The summed E-state index contributed by atoms with van der Waals surface area (Å²) in [5, 5.41) is 9.23. The molecule has 0 radical (unpaired) electrons. The van der Waals surface area contributed by atoms with E-state index in [-0.39, 0.29) is 28.2 Å². The molecule has 1 atom stereocenters. The number of carbonyl (C=O) groups excluding carboxylic acids is 1. The van der Waals surface area contributed by atoms with E-state index in [2.05, 4.69) is 4.98 Å². The number of pyridine rings is 1. The van der Waals surface area contributed by atoms with Crippen LogP contribution < -0.4 is 10.5 Å². The van der Waals surface area contributed by atoms with Gasteiger partial charge in [0, 0.05) is 26.1 Å². The number of carboxylic acid groups (broad SMARTS) is 1. The Balaban J connectivity index is 0. The normalized spacial score (nSPS) is 11.2. The Morgan fingerprint density at radius 2 is 1.74 bits per heavy atom. The Labute approximate surface area is 196 Å². The molecule has 1 heterocycles. The number of nitrogens with zero attached hydrogens (tertiary/aromatic N) is 2. The summed E-state index contributed by atoms with van der Waals surface area (Å²) in [7, 11) is 0. The van der Waals surface area contributed by atoms with Gasteiger partial charge in [-0.2, -0.15) is 4.98 Å². The predicted molar refractivity (Wildman–Crippen MR) is 125 cm³/mol. The van der Waals surface area contributed by atoms with Crippen LogP contribution in [0.5, 0.6) is 5.88 Å². The summed E-state index contributed by atoms with van der Waals surface area (Å²) in [6, 6.07) is 1.18. The Morgan fingerprint density at radius 1 is 1.19 bits per heavy atom. The Kier molecular flexibility index (Phi) is 16.2. The van der Waals surface area contributed by atoms with Crippen LogP contribution in [0.4, 0.5) is 4.79 Å². The maximum absolute atomic E-state index is 12.2. The molecular formula is C21H37Cl2N3O5. The molecule has 0 aromatic carbocycles. The molecule has 0 aliphatic carbocycles. The number of carboxylic acids is 1. The van der Waals surface area contributed by atoms with Crippen molar-refractivity contribution in [1.82, 2.24) is 9.88 Å². The first kappa shape index (κ1) is 31.4. The summed E-state index contributed by atoms with van der Waals surface area (Å²) in [6.07, 6.45) is -0.519. The summed E-state index contributed by atoms with van der Waals surface area (Å²) in [6.45, 7) is 16.0. The van der Waals surface area contributed by atoms with Crippen molar-refractivity contribution in [3.05, 3.63) is 21.8 Å². The number of rotatable bonds is 8. The highest BCUT2D eigenvalue weighted by atomic mass is 35.5. The average molecular weight is 482 g/mol. The molecule has 0 saturated heterocycles. The second-order valence-corrected chi connectivity index (χ2v) is 7.66. The molecule has 180 valence electrons. The number of hydrogen-bond acceptors (Lipinski definition) is 6. The van der Waals surface area contributed by atoms with E-state index in [0.29, 0.717) is 19.5 Å². The number of halogens is 2. The minimum atomic E-state index is -1.23. The number of aromatic carboxylic acids is 1. The van der Waals surface area contributed by atoms with Crippen LogP contribution in [0.15, 0.2) is 6.07 Å².